The number of nitrogens with zero attached hydrogens (tertiary/aromatic N) is 3. The average Bonchev–Trinajstić information content (AvgIpc) is 3.07. The first-order chi connectivity index (χ1) is 13.5. The molecular weight excluding hydrogens is 400 g/mol. The van der Waals surface area contributed by atoms with Crippen LogP contribution in [0.25, 0.3) is 0 Å². The van der Waals surface area contributed by atoms with Gasteiger partial charge in [-0.2, -0.15) is 4.98 Å². The quantitative estimate of drug-likeness (QED) is 0.601. The minimum atomic E-state index is -0.372. The highest BCUT2D eigenvalue weighted by Gasteiger charge is 2.38. The zero-order valence-corrected chi connectivity index (χ0v) is 17.0. The number of hydrogen-bond acceptors (Lipinski definition) is 7. The van der Waals surface area contributed by atoms with Gasteiger partial charge in [0.25, 0.3) is 0 Å². The number of carbonyl (C=O) groups excluding carboxylic acids is 2. The number of benzene rings is 1. The van der Waals surface area contributed by atoms with E-state index < -0.39 is 0 Å². The summed E-state index contributed by atoms with van der Waals surface area (Å²) in [7, 11) is 1.34. The zero-order chi connectivity index (χ0) is 19.8. The average molecular weight is 419 g/mol. The Morgan fingerprint density at radius 2 is 2.11 bits per heavy atom. The Morgan fingerprint density at radius 3 is 2.82 bits per heavy atom. The monoisotopic (exact) mass is 418 g/mol. The van der Waals surface area contributed by atoms with E-state index >= 15 is 0 Å². The van der Waals surface area contributed by atoms with E-state index in [1.165, 1.54) is 18.9 Å². The fraction of sp³-hybridized carbons (Fsp3) is 0.368. The molecule has 0 fully saturated rings. The van der Waals surface area contributed by atoms with Crippen molar-refractivity contribution in [3.63, 3.8) is 0 Å². The number of anilines is 1. The van der Waals surface area contributed by atoms with Gasteiger partial charge in [-0.1, -0.05) is 42.4 Å². The smallest absolute Gasteiger partial charge is 0.316 e. The van der Waals surface area contributed by atoms with E-state index in [2.05, 4.69) is 27.1 Å². The van der Waals surface area contributed by atoms with Gasteiger partial charge in [-0.3, -0.25) is 9.59 Å². The fourth-order valence-corrected chi connectivity index (χ4v) is 4.37. The number of ether oxygens (including phenoxy) is 1. The van der Waals surface area contributed by atoms with E-state index in [0.717, 1.165) is 23.3 Å². The number of rotatable bonds is 4. The third kappa shape index (κ3) is 3.54. The molecule has 7 nitrogen and oxygen atoms in total. The summed E-state index contributed by atoms with van der Waals surface area (Å²) >= 11 is 7.25. The van der Waals surface area contributed by atoms with Crippen molar-refractivity contribution in [2.45, 2.75) is 31.0 Å². The minimum absolute atomic E-state index is 0.117. The first-order valence-corrected chi connectivity index (χ1v) is 10.3. The molecular formula is C19H19ClN4O3S. The lowest BCUT2D eigenvalue weighted by atomic mass is 9.81. The van der Waals surface area contributed by atoms with E-state index in [1.807, 2.05) is 12.1 Å². The number of aromatic nitrogens is 3. The molecule has 0 radical (unpaired) electrons. The molecule has 1 aliphatic carbocycles. The summed E-state index contributed by atoms with van der Waals surface area (Å²) < 4.78 is 6.39. The Kier molecular flexibility index (Phi) is 5.16. The summed E-state index contributed by atoms with van der Waals surface area (Å²) in [6.07, 6.45) is 1.29. The van der Waals surface area contributed by atoms with Crippen molar-refractivity contribution in [1.29, 1.82) is 0 Å². The topological polar surface area (TPSA) is 86.1 Å². The van der Waals surface area contributed by atoms with Gasteiger partial charge < -0.3 is 10.1 Å². The van der Waals surface area contributed by atoms with Gasteiger partial charge in [0, 0.05) is 22.7 Å². The first-order valence-electron chi connectivity index (χ1n) is 8.91. The van der Waals surface area contributed by atoms with E-state index in [0.29, 0.717) is 22.5 Å². The molecule has 0 saturated carbocycles. The number of nitrogens with one attached hydrogen (secondary N) is 1. The Bertz CT molecular complexity index is 970. The predicted octanol–water partition coefficient (Wildman–Crippen LogP) is 3.46. The van der Waals surface area contributed by atoms with Crippen molar-refractivity contribution in [1.82, 2.24) is 14.8 Å². The van der Waals surface area contributed by atoms with Crippen molar-refractivity contribution in [3.05, 3.63) is 46.1 Å². The van der Waals surface area contributed by atoms with Crippen LogP contribution >= 0.6 is 23.4 Å². The molecule has 2 aliphatic rings. The lowest BCUT2D eigenvalue weighted by Crippen LogP contribution is -2.33. The third-order valence-corrected chi connectivity index (χ3v) is 5.90. The molecule has 2 heterocycles. The lowest BCUT2D eigenvalue weighted by Gasteiger charge is -2.34. The number of Topliss-reactive ketones (excluding diaryl/α,β-unsaturated/α-hetero) is 1. The van der Waals surface area contributed by atoms with Gasteiger partial charge in [0.2, 0.25) is 11.1 Å². The highest BCUT2D eigenvalue weighted by molar-refractivity contribution is 7.99. The fourth-order valence-electron chi connectivity index (χ4n) is 3.58. The van der Waals surface area contributed by atoms with Gasteiger partial charge in [-0.05, 0) is 30.0 Å². The van der Waals surface area contributed by atoms with Crippen LogP contribution < -0.4 is 5.32 Å². The summed E-state index contributed by atoms with van der Waals surface area (Å²) in [4.78, 5) is 28.9. The maximum Gasteiger partial charge on any atom is 0.316 e. The van der Waals surface area contributed by atoms with Crippen LogP contribution in [0.1, 0.15) is 31.4 Å². The Morgan fingerprint density at radius 1 is 1.36 bits per heavy atom. The van der Waals surface area contributed by atoms with E-state index in [9.17, 15) is 9.59 Å². The van der Waals surface area contributed by atoms with E-state index in [4.69, 9.17) is 11.6 Å². The summed E-state index contributed by atoms with van der Waals surface area (Å²) in [5.74, 6) is 0.724. The van der Waals surface area contributed by atoms with Crippen molar-refractivity contribution >= 4 is 41.1 Å². The summed E-state index contributed by atoms with van der Waals surface area (Å²) in [5, 5.41) is 8.93. The van der Waals surface area contributed by atoms with Crippen LogP contribution in [-0.4, -0.2) is 39.4 Å². The highest BCUT2D eigenvalue weighted by Crippen LogP contribution is 2.42. The molecule has 1 aliphatic heterocycles. The molecule has 146 valence electrons. The molecule has 1 aromatic heterocycles. The van der Waals surface area contributed by atoms with Crippen molar-refractivity contribution in [2.75, 3.05) is 18.2 Å². The van der Waals surface area contributed by atoms with Crippen LogP contribution in [-0.2, 0) is 14.3 Å². The second-order valence-electron chi connectivity index (χ2n) is 6.94. The predicted molar refractivity (Wildman–Crippen MR) is 106 cm³/mol. The van der Waals surface area contributed by atoms with E-state index in [1.54, 1.807) is 16.8 Å². The number of methoxy groups -OCH3 is 1. The molecule has 0 bridgehead atoms. The Hall–Kier alpha value is -2.32. The minimum Gasteiger partial charge on any atom is -0.468 e. The number of esters is 1. The summed E-state index contributed by atoms with van der Waals surface area (Å²) in [6.45, 7) is 2.07. The van der Waals surface area contributed by atoms with Gasteiger partial charge in [0.05, 0.1) is 12.9 Å². The maximum absolute atomic E-state index is 12.9. The largest absolute Gasteiger partial charge is 0.468 e. The second-order valence-corrected chi connectivity index (χ2v) is 8.31. The van der Waals surface area contributed by atoms with Crippen LogP contribution in [0.3, 0.4) is 0 Å². The molecule has 1 N–H and O–H groups in total. The normalized spacial score (nSPS) is 21.0. The standard InChI is InChI=1S/C19H19ClN4O3S/c1-10-7-13-16(14(25)8-10)17(11-3-5-12(20)6-4-11)24-18(21-13)22-19(23-24)28-9-15(26)27-2/h3-6,10,17H,7-9H2,1-2H3,(H,21,22,23)/t10-,17+/m0/s1. The Balaban J connectivity index is 1.76. The van der Waals surface area contributed by atoms with Gasteiger partial charge in [0.1, 0.15) is 6.04 Å². The Labute approximate surface area is 171 Å². The molecule has 0 unspecified atom stereocenters. The summed E-state index contributed by atoms with van der Waals surface area (Å²) in [5.41, 5.74) is 2.53. The van der Waals surface area contributed by atoms with Crippen molar-refractivity contribution in [3.8, 4) is 0 Å². The highest BCUT2D eigenvalue weighted by atomic mass is 35.5. The SMILES string of the molecule is COC(=O)CSc1nc2n(n1)[C@H](c1ccc(Cl)cc1)C1=C(C[C@H](C)CC1=O)N2. The summed E-state index contributed by atoms with van der Waals surface area (Å²) in [6, 6.07) is 7.04. The first kappa shape index (κ1) is 19.0. The van der Waals surface area contributed by atoms with Crippen LogP contribution in [0.5, 0.6) is 0 Å². The molecule has 28 heavy (non-hydrogen) atoms. The molecule has 2 aromatic rings. The number of allylic oxidation sites excluding steroid dienone is 2. The van der Waals surface area contributed by atoms with Crippen molar-refractivity contribution < 1.29 is 14.3 Å². The van der Waals surface area contributed by atoms with Crippen LogP contribution in [0.2, 0.25) is 5.02 Å². The van der Waals surface area contributed by atoms with Crippen molar-refractivity contribution in [2.24, 2.45) is 5.92 Å². The van der Waals surface area contributed by atoms with Crippen LogP contribution in [0, 0.1) is 5.92 Å². The molecule has 0 amide bonds. The van der Waals surface area contributed by atoms with Gasteiger partial charge >= 0.3 is 5.97 Å². The molecule has 4 rings (SSSR count). The zero-order valence-electron chi connectivity index (χ0n) is 15.4. The van der Waals surface area contributed by atoms with Crippen LogP contribution in [0.15, 0.2) is 40.7 Å². The van der Waals surface area contributed by atoms with Gasteiger partial charge in [-0.25, -0.2) is 4.68 Å². The van der Waals surface area contributed by atoms with Gasteiger partial charge in [-0.15, -0.1) is 5.10 Å². The lowest BCUT2D eigenvalue weighted by molar-refractivity contribution is -0.137. The van der Waals surface area contributed by atoms with Gasteiger partial charge in [0.15, 0.2) is 5.78 Å². The number of thioether (sulfide) groups is 1. The molecule has 0 saturated heterocycles. The third-order valence-electron chi connectivity index (χ3n) is 4.84. The number of fused-ring (bicyclic) bond motifs is 1. The molecule has 0 spiro atoms. The number of hydrogen-bond donors (Lipinski definition) is 1. The maximum atomic E-state index is 12.9. The number of carbonyl (C=O) groups is 2. The molecule has 1 aromatic carbocycles. The van der Waals surface area contributed by atoms with Crippen LogP contribution in [0.4, 0.5) is 5.95 Å². The second kappa shape index (κ2) is 7.60. The number of ketones is 1. The number of halogens is 1. The molecule has 2 atom stereocenters. The molecule has 9 heteroatoms. The van der Waals surface area contributed by atoms with E-state index in [-0.39, 0.29) is 29.5 Å².